The van der Waals surface area contributed by atoms with E-state index in [0.29, 0.717) is 5.69 Å². The zero-order valence-electron chi connectivity index (χ0n) is 11.7. The molecule has 5 nitrogen and oxygen atoms in total. The van der Waals surface area contributed by atoms with Gasteiger partial charge in [-0.25, -0.2) is 18.1 Å². The van der Waals surface area contributed by atoms with Crippen molar-refractivity contribution in [2.24, 2.45) is 5.73 Å². The van der Waals surface area contributed by atoms with Crippen LogP contribution in [0.25, 0.3) is 0 Å². The lowest BCUT2D eigenvalue weighted by molar-refractivity contribution is 0.573. The molecule has 116 valence electrons. The third-order valence-electron chi connectivity index (χ3n) is 2.83. The second-order valence-corrected chi connectivity index (χ2v) is 7.64. The summed E-state index contributed by atoms with van der Waals surface area (Å²) in [5.74, 6) is 0. The Morgan fingerprint density at radius 2 is 1.90 bits per heavy atom. The van der Waals surface area contributed by atoms with E-state index in [1.165, 1.54) is 11.3 Å². The predicted octanol–water partition coefficient (Wildman–Crippen LogP) is 2.16. The fraction of sp³-hybridized carbons (Fsp3) is 0.308. The van der Waals surface area contributed by atoms with Crippen molar-refractivity contribution >= 4 is 33.8 Å². The molecule has 0 bridgehead atoms. The van der Waals surface area contributed by atoms with Gasteiger partial charge >= 0.3 is 0 Å². The average Bonchev–Trinajstić information content (AvgIpc) is 2.77. The number of sulfonamides is 1. The molecule has 0 amide bonds. The number of nitrogens with zero attached hydrogens (tertiary/aromatic N) is 1. The molecule has 0 saturated heterocycles. The van der Waals surface area contributed by atoms with Gasteiger partial charge in [0.1, 0.15) is 0 Å². The van der Waals surface area contributed by atoms with Gasteiger partial charge in [-0.3, -0.25) is 0 Å². The van der Waals surface area contributed by atoms with E-state index in [-0.39, 0.29) is 29.2 Å². The van der Waals surface area contributed by atoms with E-state index in [0.717, 1.165) is 10.6 Å². The SMILES string of the molecule is Cc1nc(C)c(S(=O)(=O)NCC(N)c2ccccc2)s1.Cl. The summed E-state index contributed by atoms with van der Waals surface area (Å²) in [5.41, 5.74) is 7.40. The fourth-order valence-electron chi connectivity index (χ4n) is 1.85. The van der Waals surface area contributed by atoms with E-state index in [1.807, 2.05) is 30.3 Å². The Kier molecular flexibility index (Phi) is 6.30. The third kappa shape index (κ3) is 4.49. The van der Waals surface area contributed by atoms with E-state index in [9.17, 15) is 8.42 Å². The maximum absolute atomic E-state index is 12.2. The number of benzene rings is 1. The largest absolute Gasteiger partial charge is 0.323 e. The van der Waals surface area contributed by atoms with Crippen LogP contribution in [0.1, 0.15) is 22.3 Å². The maximum atomic E-state index is 12.2. The molecule has 0 aliphatic carbocycles. The van der Waals surface area contributed by atoms with Crippen LogP contribution in [0.3, 0.4) is 0 Å². The van der Waals surface area contributed by atoms with Gasteiger partial charge in [-0.1, -0.05) is 30.3 Å². The van der Waals surface area contributed by atoms with E-state index in [2.05, 4.69) is 9.71 Å². The summed E-state index contributed by atoms with van der Waals surface area (Å²) in [7, 11) is -3.55. The van der Waals surface area contributed by atoms with Crippen LogP contribution in [0, 0.1) is 13.8 Å². The van der Waals surface area contributed by atoms with Gasteiger partial charge in [0, 0.05) is 12.6 Å². The topological polar surface area (TPSA) is 85.1 Å². The molecule has 21 heavy (non-hydrogen) atoms. The molecule has 8 heteroatoms. The minimum atomic E-state index is -3.55. The van der Waals surface area contributed by atoms with Crippen LogP contribution in [0.5, 0.6) is 0 Å². The van der Waals surface area contributed by atoms with Gasteiger partial charge in [0.15, 0.2) is 4.21 Å². The van der Waals surface area contributed by atoms with E-state index < -0.39 is 10.0 Å². The first-order chi connectivity index (χ1) is 9.40. The fourth-order valence-corrected chi connectivity index (χ4v) is 4.43. The first-order valence-corrected chi connectivity index (χ1v) is 8.44. The summed E-state index contributed by atoms with van der Waals surface area (Å²) in [4.78, 5) is 4.13. The Hall–Kier alpha value is -0.990. The average molecular weight is 348 g/mol. The molecule has 0 aliphatic rings. The van der Waals surface area contributed by atoms with Crippen molar-refractivity contribution in [1.82, 2.24) is 9.71 Å². The molecular weight excluding hydrogens is 330 g/mol. The number of hydrogen-bond acceptors (Lipinski definition) is 5. The van der Waals surface area contributed by atoms with Crippen LogP contribution in [0.2, 0.25) is 0 Å². The highest BCUT2D eigenvalue weighted by molar-refractivity contribution is 7.91. The zero-order valence-corrected chi connectivity index (χ0v) is 14.2. The molecule has 1 aromatic carbocycles. The monoisotopic (exact) mass is 347 g/mol. The van der Waals surface area contributed by atoms with Gasteiger partial charge in [0.05, 0.1) is 10.7 Å². The molecule has 0 aliphatic heterocycles. The second-order valence-electron chi connectivity index (χ2n) is 4.47. The van der Waals surface area contributed by atoms with Crippen LogP contribution in [-0.2, 0) is 10.0 Å². The lowest BCUT2D eigenvalue weighted by atomic mass is 10.1. The molecular formula is C13H18ClN3O2S2. The smallest absolute Gasteiger partial charge is 0.252 e. The lowest BCUT2D eigenvalue weighted by Gasteiger charge is -2.13. The molecule has 2 aromatic rings. The molecule has 1 atom stereocenters. The Morgan fingerprint density at radius 3 is 2.43 bits per heavy atom. The van der Waals surface area contributed by atoms with Crippen molar-refractivity contribution in [3.05, 3.63) is 46.6 Å². The quantitative estimate of drug-likeness (QED) is 0.867. The van der Waals surface area contributed by atoms with Gasteiger partial charge in [-0.05, 0) is 19.4 Å². The number of thiazole rings is 1. The van der Waals surface area contributed by atoms with E-state index >= 15 is 0 Å². The van der Waals surface area contributed by atoms with Gasteiger partial charge in [-0.15, -0.1) is 23.7 Å². The Bertz CT molecular complexity index is 687. The molecule has 1 aromatic heterocycles. The summed E-state index contributed by atoms with van der Waals surface area (Å²) >= 11 is 1.17. The molecule has 1 unspecified atom stereocenters. The van der Waals surface area contributed by atoms with Crippen LogP contribution in [0.15, 0.2) is 34.5 Å². The predicted molar refractivity (Wildman–Crippen MR) is 87.4 cm³/mol. The first-order valence-electron chi connectivity index (χ1n) is 6.14. The summed E-state index contributed by atoms with van der Waals surface area (Å²) in [6, 6.07) is 9.02. The molecule has 3 N–H and O–H groups in total. The normalized spacial score (nSPS) is 12.7. The Labute approximate surface area is 135 Å². The summed E-state index contributed by atoms with van der Waals surface area (Å²) < 4.78 is 27.2. The molecule has 0 spiro atoms. The summed E-state index contributed by atoms with van der Waals surface area (Å²) in [6.07, 6.45) is 0. The molecule has 0 radical (unpaired) electrons. The van der Waals surface area contributed by atoms with Crippen LogP contribution in [0.4, 0.5) is 0 Å². The Balaban J connectivity index is 0.00000220. The van der Waals surface area contributed by atoms with Crippen LogP contribution >= 0.6 is 23.7 Å². The van der Waals surface area contributed by atoms with Crippen molar-refractivity contribution in [3.63, 3.8) is 0 Å². The highest BCUT2D eigenvalue weighted by Gasteiger charge is 2.21. The third-order valence-corrected chi connectivity index (χ3v) is 5.93. The molecule has 0 fully saturated rings. The second kappa shape index (κ2) is 7.33. The van der Waals surface area contributed by atoms with E-state index in [1.54, 1.807) is 13.8 Å². The van der Waals surface area contributed by atoms with Crippen molar-refractivity contribution in [1.29, 1.82) is 0 Å². The van der Waals surface area contributed by atoms with Crippen molar-refractivity contribution in [2.45, 2.75) is 24.1 Å². The number of rotatable bonds is 5. The van der Waals surface area contributed by atoms with Crippen molar-refractivity contribution in [2.75, 3.05) is 6.54 Å². The number of nitrogens with two attached hydrogens (primary N) is 1. The van der Waals surface area contributed by atoms with E-state index in [4.69, 9.17) is 5.73 Å². The minimum Gasteiger partial charge on any atom is -0.323 e. The summed E-state index contributed by atoms with van der Waals surface area (Å²) in [5, 5.41) is 0.732. The van der Waals surface area contributed by atoms with Gasteiger partial charge < -0.3 is 5.73 Å². The standard InChI is InChI=1S/C13H17N3O2S2.ClH/c1-9-13(19-10(2)16-9)20(17,18)15-8-12(14)11-6-4-3-5-7-11;/h3-7,12,15H,8,14H2,1-2H3;1H. The van der Waals surface area contributed by atoms with Crippen LogP contribution < -0.4 is 10.5 Å². The first kappa shape index (κ1) is 18.1. The highest BCUT2D eigenvalue weighted by atomic mass is 35.5. The minimum absolute atomic E-state index is 0. The maximum Gasteiger partial charge on any atom is 0.252 e. The number of hydrogen-bond donors (Lipinski definition) is 2. The molecule has 0 saturated carbocycles. The Morgan fingerprint density at radius 1 is 1.29 bits per heavy atom. The molecule has 1 heterocycles. The highest BCUT2D eigenvalue weighted by Crippen LogP contribution is 2.22. The van der Waals surface area contributed by atoms with Gasteiger partial charge in [-0.2, -0.15) is 0 Å². The lowest BCUT2D eigenvalue weighted by Crippen LogP contribution is -2.31. The number of halogens is 1. The number of aromatic nitrogens is 1. The van der Waals surface area contributed by atoms with Crippen molar-refractivity contribution < 1.29 is 8.42 Å². The van der Waals surface area contributed by atoms with Crippen molar-refractivity contribution in [3.8, 4) is 0 Å². The van der Waals surface area contributed by atoms with Gasteiger partial charge in [0.2, 0.25) is 0 Å². The number of nitrogens with one attached hydrogen (secondary N) is 1. The molecule has 2 rings (SSSR count). The summed E-state index contributed by atoms with van der Waals surface area (Å²) in [6.45, 7) is 3.63. The van der Waals surface area contributed by atoms with Crippen LogP contribution in [-0.4, -0.2) is 19.9 Å². The number of aryl methyl sites for hydroxylation is 2. The van der Waals surface area contributed by atoms with Gasteiger partial charge in [0.25, 0.3) is 10.0 Å². The zero-order chi connectivity index (χ0) is 14.8.